The van der Waals surface area contributed by atoms with Crippen LogP contribution < -0.4 is 10.1 Å². The Morgan fingerprint density at radius 2 is 1.79 bits per heavy atom. The predicted octanol–water partition coefficient (Wildman–Crippen LogP) is 3.93. The summed E-state index contributed by atoms with van der Waals surface area (Å²) in [5.41, 5.74) is 2.87. The van der Waals surface area contributed by atoms with Crippen LogP contribution in [0.25, 0.3) is 0 Å². The highest BCUT2D eigenvalue weighted by Gasteiger charge is 2.04. The normalized spacial score (nSPS) is 10.3. The summed E-state index contributed by atoms with van der Waals surface area (Å²) >= 11 is 0. The van der Waals surface area contributed by atoms with E-state index in [2.05, 4.69) is 5.32 Å². The van der Waals surface area contributed by atoms with Crippen LogP contribution in [0.5, 0.6) is 5.75 Å². The van der Waals surface area contributed by atoms with E-state index in [-0.39, 0.29) is 5.82 Å². The molecule has 0 fully saturated rings. The van der Waals surface area contributed by atoms with E-state index in [1.54, 1.807) is 25.1 Å². The molecule has 0 radical (unpaired) electrons. The minimum Gasteiger partial charge on any atom is -0.489 e. The van der Waals surface area contributed by atoms with E-state index in [1.165, 1.54) is 5.56 Å². The average Bonchev–Trinajstić information content (AvgIpc) is 2.41. The van der Waals surface area contributed by atoms with Crippen molar-refractivity contribution in [1.82, 2.24) is 0 Å². The molecule has 2 aromatic rings. The maximum atomic E-state index is 13.7. The van der Waals surface area contributed by atoms with Crippen molar-refractivity contribution in [2.45, 2.75) is 13.8 Å². The Labute approximate surface area is 113 Å². The molecule has 2 nitrogen and oxygen atoms in total. The molecule has 0 atom stereocenters. The Morgan fingerprint density at radius 1 is 1.05 bits per heavy atom. The maximum absolute atomic E-state index is 13.7. The molecule has 0 aliphatic heterocycles. The smallest absolute Gasteiger partial charge is 0.167 e. The molecule has 2 rings (SSSR count). The molecule has 0 bridgehead atoms. The third-order valence-corrected chi connectivity index (χ3v) is 2.90. The largest absolute Gasteiger partial charge is 0.489 e. The van der Waals surface area contributed by atoms with Gasteiger partial charge in [-0.05, 0) is 37.6 Å². The minimum absolute atomic E-state index is 0.280. The molecule has 0 amide bonds. The van der Waals surface area contributed by atoms with Gasteiger partial charge < -0.3 is 10.1 Å². The van der Waals surface area contributed by atoms with Crippen LogP contribution in [0, 0.1) is 19.7 Å². The van der Waals surface area contributed by atoms with Crippen molar-refractivity contribution in [2.75, 3.05) is 18.5 Å². The second kappa shape index (κ2) is 6.23. The van der Waals surface area contributed by atoms with Gasteiger partial charge in [0.1, 0.15) is 6.61 Å². The third-order valence-electron chi connectivity index (χ3n) is 2.90. The zero-order valence-corrected chi connectivity index (χ0v) is 11.2. The lowest BCUT2D eigenvalue weighted by Crippen LogP contribution is -2.12. The predicted molar refractivity (Wildman–Crippen MR) is 76.3 cm³/mol. The molecule has 0 saturated heterocycles. The van der Waals surface area contributed by atoms with Crippen molar-refractivity contribution in [3.05, 3.63) is 59.4 Å². The fraction of sp³-hybridized carbons (Fsp3) is 0.250. The molecule has 19 heavy (non-hydrogen) atoms. The lowest BCUT2D eigenvalue weighted by Gasteiger charge is -2.10. The van der Waals surface area contributed by atoms with E-state index in [0.717, 1.165) is 5.69 Å². The number of ether oxygens (including phenoxy) is 1. The van der Waals surface area contributed by atoms with Crippen LogP contribution in [-0.4, -0.2) is 13.2 Å². The molecular weight excluding hydrogens is 241 g/mol. The summed E-state index contributed by atoms with van der Waals surface area (Å²) in [6, 6.07) is 13.3. The number of hydrogen-bond acceptors (Lipinski definition) is 2. The van der Waals surface area contributed by atoms with E-state index in [0.29, 0.717) is 24.5 Å². The topological polar surface area (TPSA) is 21.3 Å². The van der Waals surface area contributed by atoms with Crippen LogP contribution in [-0.2, 0) is 0 Å². The first-order chi connectivity index (χ1) is 9.16. The zero-order chi connectivity index (χ0) is 13.7. The summed E-state index contributed by atoms with van der Waals surface area (Å²) in [5.74, 6) is 0.0311. The quantitative estimate of drug-likeness (QED) is 0.821. The maximum Gasteiger partial charge on any atom is 0.167 e. The lowest BCUT2D eigenvalue weighted by molar-refractivity contribution is 0.314. The van der Waals surface area contributed by atoms with Crippen LogP contribution in [0.3, 0.4) is 0 Å². The van der Waals surface area contributed by atoms with E-state index < -0.39 is 0 Å². The summed E-state index contributed by atoms with van der Waals surface area (Å²) in [6.07, 6.45) is 0. The molecule has 0 spiro atoms. The average molecular weight is 259 g/mol. The fourth-order valence-electron chi connectivity index (χ4n) is 1.76. The first kappa shape index (κ1) is 13.4. The summed E-state index contributed by atoms with van der Waals surface area (Å²) in [6.45, 7) is 4.84. The molecule has 100 valence electrons. The summed E-state index contributed by atoms with van der Waals surface area (Å²) < 4.78 is 19.1. The standard InChI is InChI=1S/C16H18FNO/c1-12-6-8-14(9-7-12)18-10-11-19-15-5-3-4-13(2)16(15)17/h3-9,18H,10-11H2,1-2H3. The Kier molecular flexibility index (Phi) is 4.39. The molecule has 2 aromatic carbocycles. The zero-order valence-electron chi connectivity index (χ0n) is 11.2. The molecule has 0 aliphatic carbocycles. The van der Waals surface area contributed by atoms with Crippen LogP contribution in [0.15, 0.2) is 42.5 Å². The number of benzene rings is 2. The van der Waals surface area contributed by atoms with Gasteiger partial charge in [-0.3, -0.25) is 0 Å². The van der Waals surface area contributed by atoms with E-state index >= 15 is 0 Å². The molecule has 3 heteroatoms. The number of halogens is 1. The van der Waals surface area contributed by atoms with Gasteiger partial charge >= 0.3 is 0 Å². The second-order valence-electron chi connectivity index (χ2n) is 4.53. The molecule has 0 aromatic heterocycles. The Bertz CT molecular complexity index is 537. The van der Waals surface area contributed by atoms with Crippen LogP contribution in [0.1, 0.15) is 11.1 Å². The SMILES string of the molecule is Cc1ccc(NCCOc2cccc(C)c2F)cc1. The molecule has 1 N–H and O–H groups in total. The first-order valence-electron chi connectivity index (χ1n) is 6.35. The number of aryl methyl sites for hydroxylation is 2. The van der Waals surface area contributed by atoms with Crippen molar-refractivity contribution in [2.24, 2.45) is 0 Å². The Hall–Kier alpha value is -2.03. The van der Waals surface area contributed by atoms with Crippen molar-refractivity contribution in [1.29, 1.82) is 0 Å². The van der Waals surface area contributed by atoms with Gasteiger partial charge in [-0.25, -0.2) is 4.39 Å². The first-order valence-corrected chi connectivity index (χ1v) is 6.35. The number of rotatable bonds is 5. The Balaban J connectivity index is 1.81. The monoisotopic (exact) mass is 259 g/mol. The summed E-state index contributed by atoms with van der Waals surface area (Å²) in [4.78, 5) is 0. The highest BCUT2D eigenvalue weighted by atomic mass is 19.1. The number of anilines is 1. The summed E-state index contributed by atoms with van der Waals surface area (Å²) in [7, 11) is 0. The summed E-state index contributed by atoms with van der Waals surface area (Å²) in [5, 5.41) is 3.23. The van der Waals surface area contributed by atoms with Gasteiger partial charge in [-0.1, -0.05) is 29.8 Å². The molecule has 0 unspecified atom stereocenters. The van der Waals surface area contributed by atoms with Crippen LogP contribution in [0.4, 0.5) is 10.1 Å². The van der Waals surface area contributed by atoms with Crippen molar-refractivity contribution in [3.8, 4) is 5.75 Å². The lowest BCUT2D eigenvalue weighted by atomic mass is 10.2. The number of hydrogen-bond donors (Lipinski definition) is 1. The molecule has 0 aliphatic rings. The van der Waals surface area contributed by atoms with Gasteiger partial charge in [0.25, 0.3) is 0 Å². The van der Waals surface area contributed by atoms with Gasteiger partial charge in [0, 0.05) is 12.2 Å². The Morgan fingerprint density at radius 3 is 2.53 bits per heavy atom. The van der Waals surface area contributed by atoms with Gasteiger partial charge in [0.05, 0.1) is 0 Å². The van der Waals surface area contributed by atoms with Gasteiger partial charge in [0.2, 0.25) is 0 Å². The highest BCUT2D eigenvalue weighted by molar-refractivity contribution is 5.44. The van der Waals surface area contributed by atoms with Crippen LogP contribution in [0.2, 0.25) is 0 Å². The van der Waals surface area contributed by atoms with Gasteiger partial charge in [-0.15, -0.1) is 0 Å². The fourth-order valence-corrected chi connectivity index (χ4v) is 1.76. The van der Waals surface area contributed by atoms with Crippen molar-refractivity contribution >= 4 is 5.69 Å². The van der Waals surface area contributed by atoms with E-state index in [4.69, 9.17) is 4.74 Å². The van der Waals surface area contributed by atoms with Crippen LogP contribution >= 0.6 is 0 Å². The van der Waals surface area contributed by atoms with E-state index in [1.807, 2.05) is 31.2 Å². The second-order valence-corrected chi connectivity index (χ2v) is 4.53. The molecule has 0 saturated carbocycles. The molecule has 0 heterocycles. The number of nitrogens with one attached hydrogen (secondary N) is 1. The molecular formula is C16H18FNO. The van der Waals surface area contributed by atoms with Gasteiger partial charge in [0.15, 0.2) is 11.6 Å². The minimum atomic E-state index is -0.280. The van der Waals surface area contributed by atoms with Crippen molar-refractivity contribution < 1.29 is 9.13 Å². The van der Waals surface area contributed by atoms with Crippen molar-refractivity contribution in [3.63, 3.8) is 0 Å². The van der Waals surface area contributed by atoms with E-state index in [9.17, 15) is 4.39 Å². The highest BCUT2D eigenvalue weighted by Crippen LogP contribution is 2.19. The van der Waals surface area contributed by atoms with Gasteiger partial charge in [-0.2, -0.15) is 0 Å². The third kappa shape index (κ3) is 3.71.